The highest BCUT2D eigenvalue weighted by molar-refractivity contribution is 6.85. The Morgan fingerprint density at radius 3 is 2.75 bits per heavy atom. The minimum atomic E-state index is -1.09. The standard InChI is InChI=1S/C13H22O2Si/c1-5-15-13(14)10-6-11-8-16(3,4)9(2)12(11)7-10/h10-11H,5-8H2,1-4H3. The van der Waals surface area contributed by atoms with Gasteiger partial charge in [-0.2, -0.15) is 0 Å². The Kier molecular flexibility index (Phi) is 2.99. The van der Waals surface area contributed by atoms with Crippen molar-refractivity contribution in [2.75, 3.05) is 6.61 Å². The van der Waals surface area contributed by atoms with E-state index in [0.29, 0.717) is 12.5 Å². The van der Waals surface area contributed by atoms with Crippen LogP contribution in [-0.4, -0.2) is 20.7 Å². The smallest absolute Gasteiger partial charge is 0.309 e. The van der Waals surface area contributed by atoms with E-state index in [2.05, 4.69) is 20.0 Å². The summed E-state index contributed by atoms with van der Waals surface area (Å²) in [4.78, 5) is 11.7. The second kappa shape index (κ2) is 4.02. The molecular formula is C13H22O2Si. The molecule has 0 radical (unpaired) electrons. The van der Waals surface area contributed by atoms with Gasteiger partial charge in [0.25, 0.3) is 0 Å². The van der Waals surface area contributed by atoms with Gasteiger partial charge in [0.15, 0.2) is 0 Å². The monoisotopic (exact) mass is 238 g/mol. The van der Waals surface area contributed by atoms with E-state index in [1.165, 1.54) is 6.04 Å². The molecule has 2 atom stereocenters. The third-order valence-corrected chi connectivity index (χ3v) is 8.27. The first-order valence-corrected chi connectivity index (χ1v) is 9.53. The summed E-state index contributed by atoms with van der Waals surface area (Å²) in [7, 11) is -1.09. The summed E-state index contributed by atoms with van der Waals surface area (Å²) in [6.07, 6.45) is 2.02. The van der Waals surface area contributed by atoms with Gasteiger partial charge in [-0.25, -0.2) is 0 Å². The second-order valence-corrected chi connectivity index (χ2v) is 10.7. The van der Waals surface area contributed by atoms with E-state index in [-0.39, 0.29) is 11.9 Å². The van der Waals surface area contributed by atoms with Crippen LogP contribution in [-0.2, 0) is 9.53 Å². The van der Waals surface area contributed by atoms with E-state index in [0.717, 1.165) is 12.8 Å². The lowest BCUT2D eigenvalue weighted by molar-refractivity contribution is -0.147. The van der Waals surface area contributed by atoms with Gasteiger partial charge < -0.3 is 4.74 Å². The first-order valence-electron chi connectivity index (χ1n) is 6.32. The molecule has 0 N–H and O–H groups in total. The zero-order valence-electron chi connectivity index (χ0n) is 10.8. The fourth-order valence-electron chi connectivity index (χ4n) is 3.31. The number of carbonyl (C=O) groups excluding carboxylic acids is 1. The van der Waals surface area contributed by atoms with Crippen LogP contribution in [0.2, 0.25) is 19.1 Å². The lowest BCUT2D eigenvalue weighted by atomic mass is 10.1. The topological polar surface area (TPSA) is 26.3 Å². The molecule has 2 aliphatic rings. The Hall–Kier alpha value is -0.573. The molecule has 1 fully saturated rings. The minimum absolute atomic E-state index is 0.0247. The first kappa shape index (κ1) is 11.9. The van der Waals surface area contributed by atoms with Crippen LogP contribution in [0.25, 0.3) is 0 Å². The third kappa shape index (κ3) is 1.86. The molecule has 90 valence electrons. The quantitative estimate of drug-likeness (QED) is 0.545. The fraction of sp³-hybridized carbons (Fsp3) is 0.769. The van der Waals surface area contributed by atoms with Gasteiger partial charge in [-0.1, -0.05) is 23.9 Å². The van der Waals surface area contributed by atoms with Gasteiger partial charge in [0.05, 0.1) is 20.6 Å². The fourth-order valence-corrected chi connectivity index (χ4v) is 6.44. The Bertz CT molecular complexity index is 344. The number of ether oxygens (including phenoxy) is 1. The van der Waals surface area contributed by atoms with Crippen molar-refractivity contribution in [3.05, 3.63) is 10.8 Å². The van der Waals surface area contributed by atoms with Gasteiger partial charge in [-0.15, -0.1) is 0 Å². The van der Waals surface area contributed by atoms with Crippen molar-refractivity contribution in [3.63, 3.8) is 0 Å². The summed E-state index contributed by atoms with van der Waals surface area (Å²) in [5.41, 5.74) is 1.61. The molecule has 2 rings (SSSR count). The van der Waals surface area contributed by atoms with Crippen molar-refractivity contribution in [1.82, 2.24) is 0 Å². The van der Waals surface area contributed by atoms with Gasteiger partial charge in [0, 0.05) is 0 Å². The summed E-state index contributed by atoms with van der Waals surface area (Å²) >= 11 is 0. The van der Waals surface area contributed by atoms with Crippen LogP contribution in [0.3, 0.4) is 0 Å². The number of esters is 1. The van der Waals surface area contributed by atoms with Crippen molar-refractivity contribution in [2.24, 2.45) is 11.8 Å². The van der Waals surface area contributed by atoms with Crippen LogP contribution in [0.5, 0.6) is 0 Å². The predicted octanol–water partition coefficient (Wildman–Crippen LogP) is 3.15. The Morgan fingerprint density at radius 1 is 1.50 bits per heavy atom. The van der Waals surface area contributed by atoms with Crippen LogP contribution in [0, 0.1) is 11.8 Å². The van der Waals surface area contributed by atoms with Crippen molar-refractivity contribution >= 4 is 14.0 Å². The molecule has 1 aliphatic carbocycles. The third-order valence-electron chi connectivity index (χ3n) is 4.40. The molecule has 0 amide bonds. The highest BCUT2D eigenvalue weighted by Gasteiger charge is 2.45. The maximum atomic E-state index is 11.7. The zero-order chi connectivity index (χ0) is 11.9. The van der Waals surface area contributed by atoms with E-state index >= 15 is 0 Å². The summed E-state index contributed by atoms with van der Waals surface area (Å²) in [5.74, 6) is 0.882. The van der Waals surface area contributed by atoms with Crippen molar-refractivity contribution in [1.29, 1.82) is 0 Å². The molecule has 0 aromatic carbocycles. The maximum Gasteiger partial charge on any atom is 0.309 e. The van der Waals surface area contributed by atoms with Gasteiger partial charge in [-0.3, -0.25) is 4.79 Å². The van der Waals surface area contributed by atoms with E-state index in [1.54, 1.807) is 10.8 Å². The Labute approximate surface area is 99.1 Å². The average molecular weight is 238 g/mol. The molecule has 1 aliphatic heterocycles. The zero-order valence-corrected chi connectivity index (χ0v) is 11.8. The Morgan fingerprint density at radius 2 is 2.19 bits per heavy atom. The summed E-state index contributed by atoms with van der Waals surface area (Å²) < 4.78 is 5.13. The molecule has 1 heterocycles. The maximum absolute atomic E-state index is 11.7. The van der Waals surface area contributed by atoms with Crippen molar-refractivity contribution < 1.29 is 9.53 Å². The Balaban J connectivity index is 2.11. The lowest BCUT2D eigenvalue weighted by Crippen LogP contribution is -2.26. The van der Waals surface area contributed by atoms with Crippen LogP contribution >= 0.6 is 0 Å². The molecule has 0 bridgehead atoms. The number of rotatable bonds is 2. The molecule has 2 nitrogen and oxygen atoms in total. The molecule has 3 heteroatoms. The van der Waals surface area contributed by atoms with Gasteiger partial charge in [0.1, 0.15) is 0 Å². The SMILES string of the molecule is CCOC(=O)C1CC2=C(C)[Si](C)(C)CC2C1. The molecule has 1 saturated carbocycles. The molecule has 0 aromatic heterocycles. The number of allylic oxidation sites excluding steroid dienone is 2. The largest absolute Gasteiger partial charge is 0.466 e. The first-order chi connectivity index (χ1) is 7.45. The number of carbonyl (C=O) groups is 1. The predicted molar refractivity (Wildman–Crippen MR) is 67.8 cm³/mol. The summed E-state index contributed by atoms with van der Waals surface area (Å²) in [6, 6.07) is 1.35. The van der Waals surface area contributed by atoms with E-state index in [4.69, 9.17) is 4.74 Å². The number of fused-ring (bicyclic) bond motifs is 1. The van der Waals surface area contributed by atoms with Gasteiger partial charge >= 0.3 is 5.97 Å². The van der Waals surface area contributed by atoms with E-state index < -0.39 is 8.07 Å². The number of hydrogen-bond acceptors (Lipinski definition) is 2. The lowest BCUT2D eigenvalue weighted by Gasteiger charge is -2.19. The summed E-state index contributed by atoms with van der Waals surface area (Å²) in [5, 5.41) is 1.66. The normalized spacial score (nSPS) is 31.8. The van der Waals surface area contributed by atoms with E-state index in [9.17, 15) is 4.79 Å². The highest BCUT2D eigenvalue weighted by atomic mass is 28.3. The molecule has 2 unspecified atom stereocenters. The average Bonchev–Trinajstić information content (AvgIpc) is 2.67. The summed E-state index contributed by atoms with van der Waals surface area (Å²) in [6.45, 7) is 9.60. The van der Waals surface area contributed by atoms with Crippen LogP contribution < -0.4 is 0 Å². The van der Waals surface area contributed by atoms with Crippen molar-refractivity contribution in [2.45, 2.75) is 45.8 Å². The molecule has 0 saturated heterocycles. The highest BCUT2D eigenvalue weighted by Crippen LogP contribution is 2.50. The van der Waals surface area contributed by atoms with Crippen LogP contribution in [0.4, 0.5) is 0 Å². The van der Waals surface area contributed by atoms with Gasteiger partial charge in [-0.05, 0) is 38.7 Å². The van der Waals surface area contributed by atoms with E-state index in [1.807, 2.05) is 6.92 Å². The second-order valence-electron chi connectivity index (χ2n) is 5.82. The van der Waals surface area contributed by atoms with Gasteiger partial charge in [0.2, 0.25) is 0 Å². The van der Waals surface area contributed by atoms with Crippen LogP contribution in [0.15, 0.2) is 10.8 Å². The number of hydrogen-bond donors (Lipinski definition) is 0. The minimum Gasteiger partial charge on any atom is -0.466 e. The molecular weight excluding hydrogens is 216 g/mol. The molecule has 16 heavy (non-hydrogen) atoms. The molecule has 0 spiro atoms. The van der Waals surface area contributed by atoms with Crippen LogP contribution in [0.1, 0.15) is 26.7 Å². The van der Waals surface area contributed by atoms with Crippen molar-refractivity contribution in [3.8, 4) is 0 Å². The molecule has 0 aromatic rings.